The minimum Gasteiger partial charge on any atom is -0.494 e. The molecular formula is C8H9N3O. The molecule has 0 atom stereocenters. The number of fused-ring (bicyclic) bond motifs is 1. The van der Waals surface area contributed by atoms with Crippen LogP contribution in [0.5, 0.6) is 5.75 Å². The molecule has 12 heavy (non-hydrogen) atoms. The Labute approximate surface area is 70.2 Å². The molecule has 0 spiro atoms. The normalized spacial score (nSPS) is 10.5. The summed E-state index contributed by atoms with van der Waals surface area (Å²) >= 11 is 0. The zero-order chi connectivity index (χ0) is 8.55. The number of hydrogen-bond donors (Lipinski definition) is 0. The molecule has 0 bridgehead atoms. The van der Waals surface area contributed by atoms with E-state index in [0.29, 0.717) is 0 Å². The largest absolute Gasteiger partial charge is 0.494 e. The lowest BCUT2D eigenvalue weighted by atomic mass is 10.3. The summed E-state index contributed by atoms with van der Waals surface area (Å²) in [7, 11) is 3.56. The summed E-state index contributed by atoms with van der Waals surface area (Å²) in [5.74, 6) is 1.61. The molecule has 0 N–H and O–H groups in total. The zero-order valence-electron chi connectivity index (χ0n) is 6.98. The van der Waals surface area contributed by atoms with E-state index < -0.39 is 0 Å². The summed E-state index contributed by atoms with van der Waals surface area (Å²) in [5.41, 5.74) is 0.808. The van der Waals surface area contributed by atoms with Gasteiger partial charge in [0.05, 0.1) is 7.11 Å². The third kappa shape index (κ3) is 0.845. The lowest BCUT2D eigenvalue weighted by molar-refractivity contribution is 0.413. The molecule has 0 unspecified atom stereocenters. The highest BCUT2D eigenvalue weighted by Gasteiger charge is 2.13. The lowest BCUT2D eigenvalue weighted by Gasteiger charge is -2.07. The average Bonchev–Trinajstić information content (AvgIpc) is 2.54. The van der Waals surface area contributed by atoms with E-state index in [1.807, 2.05) is 23.9 Å². The fourth-order valence-corrected chi connectivity index (χ4v) is 1.19. The SMILES string of the molecule is COc1ccn(C)c2ncnc1-2. The summed E-state index contributed by atoms with van der Waals surface area (Å²) in [6.07, 6.45) is 3.43. The molecule has 0 saturated carbocycles. The first-order valence-electron chi connectivity index (χ1n) is 3.63. The Kier molecular flexibility index (Phi) is 1.46. The molecule has 2 heterocycles. The number of imidazole rings is 1. The molecule has 0 aromatic carbocycles. The molecule has 2 aliphatic heterocycles. The topological polar surface area (TPSA) is 39.9 Å². The van der Waals surface area contributed by atoms with Gasteiger partial charge in [-0.2, -0.15) is 0 Å². The van der Waals surface area contributed by atoms with Gasteiger partial charge in [-0.3, -0.25) is 0 Å². The van der Waals surface area contributed by atoms with Gasteiger partial charge in [0.15, 0.2) is 5.82 Å². The maximum atomic E-state index is 5.12. The summed E-state index contributed by atoms with van der Waals surface area (Å²) in [5, 5.41) is 0. The molecule has 2 rings (SSSR count). The van der Waals surface area contributed by atoms with Crippen LogP contribution in [0, 0.1) is 0 Å². The van der Waals surface area contributed by atoms with Crippen molar-refractivity contribution in [3.8, 4) is 17.3 Å². The maximum Gasteiger partial charge on any atom is 0.164 e. The zero-order valence-corrected chi connectivity index (χ0v) is 6.98. The second kappa shape index (κ2) is 2.48. The first kappa shape index (κ1) is 7.09. The van der Waals surface area contributed by atoms with Crippen molar-refractivity contribution in [1.29, 1.82) is 0 Å². The molecule has 0 aromatic heterocycles. The van der Waals surface area contributed by atoms with E-state index in [-0.39, 0.29) is 0 Å². The molecule has 0 fully saturated rings. The second-order valence-electron chi connectivity index (χ2n) is 2.54. The van der Waals surface area contributed by atoms with Gasteiger partial charge in [-0.25, -0.2) is 9.97 Å². The summed E-state index contributed by atoms with van der Waals surface area (Å²) < 4.78 is 7.03. The molecule has 0 radical (unpaired) electrons. The Morgan fingerprint density at radius 1 is 1.42 bits per heavy atom. The van der Waals surface area contributed by atoms with E-state index in [0.717, 1.165) is 17.3 Å². The number of ether oxygens (including phenoxy) is 1. The smallest absolute Gasteiger partial charge is 0.164 e. The number of nitrogens with zero attached hydrogens (tertiary/aromatic N) is 3. The van der Waals surface area contributed by atoms with Crippen molar-refractivity contribution >= 4 is 0 Å². The monoisotopic (exact) mass is 163 g/mol. The van der Waals surface area contributed by atoms with E-state index in [1.54, 1.807) is 7.11 Å². The Balaban J connectivity index is 2.71. The predicted octanol–water partition coefficient (Wildman–Crippen LogP) is 0.928. The Hall–Kier alpha value is -1.58. The van der Waals surface area contributed by atoms with Crippen LogP contribution in [0.1, 0.15) is 0 Å². The van der Waals surface area contributed by atoms with Crippen LogP contribution in [-0.4, -0.2) is 21.6 Å². The molecule has 0 aromatic rings. The van der Waals surface area contributed by atoms with Crippen LogP contribution in [0.25, 0.3) is 11.5 Å². The minimum atomic E-state index is 0.764. The Morgan fingerprint density at radius 3 is 3.00 bits per heavy atom. The highest BCUT2D eigenvalue weighted by molar-refractivity contribution is 5.60. The van der Waals surface area contributed by atoms with Crippen molar-refractivity contribution in [2.24, 2.45) is 7.05 Å². The van der Waals surface area contributed by atoms with E-state index in [2.05, 4.69) is 9.97 Å². The van der Waals surface area contributed by atoms with Gasteiger partial charge in [0.25, 0.3) is 0 Å². The van der Waals surface area contributed by atoms with Gasteiger partial charge >= 0.3 is 0 Å². The standard InChI is InChI=1S/C8H9N3O/c1-11-4-3-6(12-2)7-8(11)10-5-9-7/h3-5H,1-2H3. The van der Waals surface area contributed by atoms with Gasteiger partial charge in [-0.15, -0.1) is 0 Å². The molecule has 0 aliphatic carbocycles. The summed E-state index contributed by atoms with van der Waals surface area (Å²) in [6, 6.07) is 1.87. The highest BCUT2D eigenvalue weighted by atomic mass is 16.5. The molecule has 4 nitrogen and oxygen atoms in total. The van der Waals surface area contributed by atoms with Crippen molar-refractivity contribution in [1.82, 2.24) is 14.5 Å². The fourth-order valence-electron chi connectivity index (χ4n) is 1.19. The van der Waals surface area contributed by atoms with Gasteiger partial charge < -0.3 is 9.30 Å². The third-order valence-electron chi connectivity index (χ3n) is 1.82. The summed E-state index contributed by atoms with van der Waals surface area (Å²) in [4.78, 5) is 8.19. The van der Waals surface area contributed by atoms with Crippen molar-refractivity contribution in [3.63, 3.8) is 0 Å². The van der Waals surface area contributed by atoms with Crippen LogP contribution in [0.15, 0.2) is 18.6 Å². The van der Waals surface area contributed by atoms with E-state index in [1.165, 1.54) is 6.33 Å². The van der Waals surface area contributed by atoms with Crippen LogP contribution >= 0.6 is 0 Å². The van der Waals surface area contributed by atoms with Crippen LogP contribution in [0.4, 0.5) is 0 Å². The first-order chi connectivity index (χ1) is 5.83. The third-order valence-corrected chi connectivity index (χ3v) is 1.82. The van der Waals surface area contributed by atoms with Crippen molar-refractivity contribution in [2.45, 2.75) is 0 Å². The minimum absolute atomic E-state index is 0.764. The van der Waals surface area contributed by atoms with Crippen LogP contribution in [0.3, 0.4) is 0 Å². The lowest BCUT2D eigenvalue weighted by Crippen LogP contribution is -1.99. The first-order valence-corrected chi connectivity index (χ1v) is 3.63. The van der Waals surface area contributed by atoms with Crippen molar-refractivity contribution in [3.05, 3.63) is 18.6 Å². The van der Waals surface area contributed by atoms with E-state index in [9.17, 15) is 0 Å². The number of pyridine rings is 1. The summed E-state index contributed by atoms with van der Waals surface area (Å²) in [6.45, 7) is 0. The molecule has 0 amide bonds. The predicted molar refractivity (Wildman–Crippen MR) is 44.2 cm³/mol. The van der Waals surface area contributed by atoms with Gasteiger partial charge in [0, 0.05) is 13.2 Å². The van der Waals surface area contributed by atoms with Gasteiger partial charge in [0.1, 0.15) is 17.8 Å². The molecule has 62 valence electrons. The number of hydrogen-bond acceptors (Lipinski definition) is 3. The van der Waals surface area contributed by atoms with Crippen LogP contribution < -0.4 is 4.74 Å². The van der Waals surface area contributed by atoms with Crippen molar-refractivity contribution in [2.75, 3.05) is 7.11 Å². The van der Waals surface area contributed by atoms with E-state index >= 15 is 0 Å². The number of methoxy groups -OCH3 is 1. The van der Waals surface area contributed by atoms with Crippen LogP contribution in [-0.2, 0) is 7.05 Å². The van der Waals surface area contributed by atoms with Crippen LogP contribution in [0.2, 0.25) is 0 Å². The fraction of sp³-hybridized carbons (Fsp3) is 0.250. The van der Waals surface area contributed by atoms with Crippen molar-refractivity contribution < 1.29 is 4.74 Å². The Bertz CT molecular complexity index is 369. The maximum absolute atomic E-state index is 5.12. The molecule has 0 saturated heterocycles. The number of aromatic nitrogens is 3. The highest BCUT2D eigenvalue weighted by Crippen LogP contribution is 2.26. The van der Waals surface area contributed by atoms with Gasteiger partial charge in [0.2, 0.25) is 0 Å². The number of rotatable bonds is 1. The molecule has 2 aliphatic rings. The van der Waals surface area contributed by atoms with E-state index in [4.69, 9.17) is 4.74 Å². The quantitative estimate of drug-likeness (QED) is 0.627. The van der Waals surface area contributed by atoms with Gasteiger partial charge in [-0.1, -0.05) is 0 Å². The molecular weight excluding hydrogens is 154 g/mol. The molecule has 4 heteroatoms. The average molecular weight is 163 g/mol. The van der Waals surface area contributed by atoms with Gasteiger partial charge in [-0.05, 0) is 6.07 Å². The second-order valence-corrected chi connectivity index (χ2v) is 2.54. The Morgan fingerprint density at radius 2 is 2.25 bits per heavy atom. The number of aryl methyl sites for hydroxylation is 1.